The van der Waals surface area contributed by atoms with Gasteiger partial charge in [-0.25, -0.2) is 4.79 Å². The molecule has 5 nitrogen and oxygen atoms in total. The van der Waals surface area contributed by atoms with Crippen molar-refractivity contribution in [2.75, 3.05) is 7.11 Å². The fourth-order valence-electron chi connectivity index (χ4n) is 3.04. The zero-order chi connectivity index (χ0) is 20.9. The van der Waals surface area contributed by atoms with E-state index in [1.54, 1.807) is 37.5 Å². The van der Waals surface area contributed by atoms with Crippen molar-refractivity contribution in [1.82, 2.24) is 0 Å². The number of esters is 1. The van der Waals surface area contributed by atoms with Gasteiger partial charge in [-0.1, -0.05) is 48.5 Å². The maximum atomic E-state index is 12.6. The molecule has 1 aliphatic rings. The Bertz CT molecular complexity index is 1160. The van der Waals surface area contributed by atoms with Crippen molar-refractivity contribution < 1.29 is 23.8 Å². The highest BCUT2D eigenvalue weighted by Gasteiger charge is 2.28. The van der Waals surface area contributed by atoms with Gasteiger partial charge in [-0.05, 0) is 35.9 Å². The van der Waals surface area contributed by atoms with Crippen LogP contribution in [-0.4, -0.2) is 18.9 Å². The second-order valence-electron chi connectivity index (χ2n) is 6.50. The van der Waals surface area contributed by atoms with E-state index < -0.39 is 5.97 Å². The number of allylic oxidation sites excluding steroid dienone is 1. The topological polar surface area (TPSA) is 61.8 Å². The normalized spacial score (nSPS) is 13.9. The Morgan fingerprint density at radius 2 is 1.73 bits per heavy atom. The highest BCUT2D eigenvalue weighted by molar-refractivity contribution is 6.14. The second kappa shape index (κ2) is 8.49. The minimum Gasteiger partial charge on any atom is -0.496 e. The molecule has 0 atom stereocenters. The summed E-state index contributed by atoms with van der Waals surface area (Å²) in [7, 11) is 1.57. The average molecular weight is 398 g/mol. The first-order valence-electron chi connectivity index (χ1n) is 9.30. The summed E-state index contributed by atoms with van der Waals surface area (Å²) in [4.78, 5) is 24.7. The first kappa shape index (κ1) is 19.2. The van der Waals surface area contributed by atoms with Crippen molar-refractivity contribution in [3.8, 4) is 17.2 Å². The molecule has 0 N–H and O–H groups in total. The quantitative estimate of drug-likeness (QED) is 0.346. The van der Waals surface area contributed by atoms with E-state index in [2.05, 4.69) is 0 Å². The molecule has 3 aromatic rings. The molecule has 30 heavy (non-hydrogen) atoms. The first-order chi connectivity index (χ1) is 14.6. The molecule has 4 rings (SSSR count). The number of ether oxygens (including phenoxy) is 3. The summed E-state index contributed by atoms with van der Waals surface area (Å²) >= 11 is 0. The third kappa shape index (κ3) is 4.15. The van der Waals surface area contributed by atoms with Crippen molar-refractivity contribution in [3.05, 3.63) is 101 Å². The van der Waals surface area contributed by atoms with Crippen LogP contribution >= 0.6 is 0 Å². The van der Waals surface area contributed by atoms with E-state index in [4.69, 9.17) is 14.2 Å². The van der Waals surface area contributed by atoms with Crippen molar-refractivity contribution in [2.45, 2.75) is 0 Å². The predicted octanol–water partition coefficient (Wildman–Crippen LogP) is 4.93. The van der Waals surface area contributed by atoms with Gasteiger partial charge in [0.1, 0.15) is 17.2 Å². The van der Waals surface area contributed by atoms with Crippen LogP contribution in [0.15, 0.2) is 84.6 Å². The number of rotatable bonds is 5. The lowest BCUT2D eigenvalue weighted by molar-refractivity contribution is -0.128. The molecular formula is C25H18O5. The van der Waals surface area contributed by atoms with Crippen LogP contribution in [0.2, 0.25) is 0 Å². The minimum atomic E-state index is -0.520. The zero-order valence-corrected chi connectivity index (χ0v) is 16.2. The lowest BCUT2D eigenvalue weighted by atomic mass is 10.1. The number of hydrogen-bond acceptors (Lipinski definition) is 5. The Morgan fingerprint density at radius 3 is 2.53 bits per heavy atom. The number of Topliss-reactive ketones (excluding diaryl/α,β-unsaturated/α-hetero) is 1. The lowest BCUT2D eigenvalue weighted by Gasteiger charge is -2.05. The van der Waals surface area contributed by atoms with Crippen LogP contribution in [0.25, 0.3) is 12.2 Å². The highest BCUT2D eigenvalue weighted by Crippen LogP contribution is 2.35. The van der Waals surface area contributed by atoms with Crippen molar-refractivity contribution >= 4 is 23.9 Å². The number of benzene rings is 3. The van der Waals surface area contributed by atoms with Crippen LogP contribution < -0.4 is 14.2 Å². The summed E-state index contributed by atoms with van der Waals surface area (Å²) in [5, 5.41) is 0. The van der Waals surface area contributed by atoms with E-state index in [0.717, 1.165) is 11.1 Å². The maximum absolute atomic E-state index is 12.6. The molecule has 0 amide bonds. The SMILES string of the molecule is COc1ccccc1/C=C1/Oc2cc(OC(=O)/C=C/c3ccccc3)ccc2C1=O. The summed E-state index contributed by atoms with van der Waals surface area (Å²) in [5.74, 6) is 0.700. The van der Waals surface area contributed by atoms with Crippen LogP contribution in [0.5, 0.6) is 17.2 Å². The Balaban J connectivity index is 1.50. The number of carbonyl (C=O) groups is 2. The molecule has 0 aromatic heterocycles. The van der Waals surface area contributed by atoms with Crippen molar-refractivity contribution in [2.24, 2.45) is 0 Å². The first-order valence-corrected chi connectivity index (χ1v) is 9.30. The predicted molar refractivity (Wildman–Crippen MR) is 113 cm³/mol. The van der Waals surface area contributed by atoms with Gasteiger partial charge in [0, 0.05) is 17.7 Å². The van der Waals surface area contributed by atoms with Crippen molar-refractivity contribution in [3.63, 3.8) is 0 Å². The number of para-hydroxylation sites is 1. The fraction of sp³-hybridized carbons (Fsp3) is 0.0400. The summed E-state index contributed by atoms with van der Waals surface area (Å²) in [5.41, 5.74) is 2.04. The van der Waals surface area contributed by atoms with E-state index in [1.807, 2.05) is 48.5 Å². The van der Waals surface area contributed by atoms with Gasteiger partial charge in [-0.2, -0.15) is 0 Å². The largest absolute Gasteiger partial charge is 0.496 e. The smallest absolute Gasteiger partial charge is 0.336 e. The Morgan fingerprint density at radius 1 is 0.967 bits per heavy atom. The Hall–Kier alpha value is -4.12. The van der Waals surface area contributed by atoms with Gasteiger partial charge in [-0.3, -0.25) is 4.79 Å². The number of methoxy groups -OCH3 is 1. The molecule has 1 aliphatic heterocycles. The van der Waals surface area contributed by atoms with Gasteiger partial charge < -0.3 is 14.2 Å². The van der Waals surface area contributed by atoms with Crippen LogP contribution in [0.1, 0.15) is 21.5 Å². The summed E-state index contributed by atoms with van der Waals surface area (Å²) < 4.78 is 16.4. The molecule has 0 radical (unpaired) electrons. The van der Waals surface area contributed by atoms with E-state index >= 15 is 0 Å². The molecule has 3 aromatic carbocycles. The van der Waals surface area contributed by atoms with E-state index in [9.17, 15) is 9.59 Å². The number of ketones is 1. The van der Waals surface area contributed by atoms with Crippen LogP contribution in [-0.2, 0) is 4.79 Å². The number of carbonyl (C=O) groups excluding carboxylic acids is 2. The van der Waals surface area contributed by atoms with E-state index in [0.29, 0.717) is 22.8 Å². The molecule has 0 saturated carbocycles. The summed E-state index contributed by atoms with van der Waals surface area (Å²) in [6.45, 7) is 0. The summed E-state index contributed by atoms with van der Waals surface area (Å²) in [6.07, 6.45) is 4.65. The second-order valence-corrected chi connectivity index (χ2v) is 6.50. The molecular weight excluding hydrogens is 380 g/mol. The molecule has 0 unspecified atom stereocenters. The third-order valence-electron chi connectivity index (χ3n) is 4.50. The van der Waals surface area contributed by atoms with Gasteiger partial charge >= 0.3 is 5.97 Å². The summed E-state index contributed by atoms with van der Waals surface area (Å²) in [6, 6.07) is 21.5. The Kier molecular flexibility index (Phi) is 5.44. The molecule has 0 fully saturated rings. The van der Waals surface area contributed by atoms with Gasteiger partial charge in [-0.15, -0.1) is 0 Å². The number of fused-ring (bicyclic) bond motifs is 1. The lowest BCUT2D eigenvalue weighted by Crippen LogP contribution is -2.03. The maximum Gasteiger partial charge on any atom is 0.336 e. The Labute approximate surface area is 173 Å². The standard InChI is InChI=1S/C25H18O5/c1-28-21-10-6-5-9-18(21)15-23-25(27)20-13-12-19(16-22(20)30-23)29-24(26)14-11-17-7-3-2-4-8-17/h2-16H,1H3/b14-11+,23-15+. The molecule has 5 heteroatoms. The third-order valence-corrected chi connectivity index (χ3v) is 4.50. The monoisotopic (exact) mass is 398 g/mol. The van der Waals surface area contributed by atoms with E-state index in [-0.39, 0.29) is 11.5 Å². The van der Waals surface area contributed by atoms with Gasteiger partial charge in [0.25, 0.3) is 0 Å². The van der Waals surface area contributed by atoms with Gasteiger partial charge in [0.2, 0.25) is 5.78 Å². The van der Waals surface area contributed by atoms with Gasteiger partial charge in [0.15, 0.2) is 5.76 Å². The van der Waals surface area contributed by atoms with Crippen molar-refractivity contribution in [1.29, 1.82) is 0 Å². The fourth-order valence-corrected chi connectivity index (χ4v) is 3.04. The average Bonchev–Trinajstić information content (AvgIpc) is 3.08. The van der Waals surface area contributed by atoms with Crippen LogP contribution in [0.3, 0.4) is 0 Å². The molecule has 0 bridgehead atoms. The molecule has 0 saturated heterocycles. The molecule has 0 spiro atoms. The van der Waals surface area contributed by atoms with Crippen LogP contribution in [0, 0.1) is 0 Å². The molecule has 0 aliphatic carbocycles. The number of hydrogen-bond donors (Lipinski definition) is 0. The molecule has 148 valence electrons. The van der Waals surface area contributed by atoms with Gasteiger partial charge in [0.05, 0.1) is 12.7 Å². The zero-order valence-electron chi connectivity index (χ0n) is 16.2. The molecule has 1 heterocycles. The minimum absolute atomic E-state index is 0.182. The van der Waals surface area contributed by atoms with Crippen LogP contribution in [0.4, 0.5) is 0 Å². The van der Waals surface area contributed by atoms with E-state index in [1.165, 1.54) is 12.1 Å². The highest BCUT2D eigenvalue weighted by atomic mass is 16.5.